The van der Waals surface area contributed by atoms with Crippen LogP contribution in [0.1, 0.15) is 5.56 Å². The lowest BCUT2D eigenvalue weighted by molar-refractivity contribution is -0.126. The Bertz CT molecular complexity index is 541. The maximum Gasteiger partial charge on any atom is 0.297 e. The van der Waals surface area contributed by atoms with Gasteiger partial charge in [-0.2, -0.15) is 8.42 Å². The molecule has 5 nitrogen and oxygen atoms in total. The van der Waals surface area contributed by atoms with Crippen molar-refractivity contribution in [3.8, 4) is 0 Å². The van der Waals surface area contributed by atoms with E-state index in [0.717, 1.165) is 5.56 Å². The molecule has 0 amide bonds. The molecule has 6 heteroatoms. The lowest BCUT2D eigenvalue weighted by atomic mass is 10.2. The molecule has 0 radical (unpaired) electrons. The van der Waals surface area contributed by atoms with Crippen LogP contribution in [0.5, 0.6) is 0 Å². The van der Waals surface area contributed by atoms with E-state index in [9.17, 15) is 8.42 Å². The minimum Gasteiger partial charge on any atom is -0.370 e. The third-order valence-electron chi connectivity index (χ3n) is 2.97. The van der Waals surface area contributed by atoms with E-state index in [2.05, 4.69) is 6.58 Å². The molecule has 2 rings (SSSR count). The van der Waals surface area contributed by atoms with Gasteiger partial charge in [0.25, 0.3) is 10.1 Å². The Morgan fingerprint density at radius 1 is 1.30 bits per heavy atom. The van der Waals surface area contributed by atoms with Crippen LogP contribution in [-0.4, -0.2) is 40.4 Å². The van der Waals surface area contributed by atoms with Gasteiger partial charge in [0.15, 0.2) is 0 Å². The van der Waals surface area contributed by atoms with E-state index >= 15 is 0 Å². The Morgan fingerprint density at radius 2 is 2.00 bits per heavy atom. The Labute approximate surface area is 119 Å². The standard InChI is InChI=1S/C14H18O5S/c1-3-12-8-18-13(9-17-12)10-19-20(15,16)14-6-4-11(2)5-7-14/h3-7,12-13H,1,8-10H2,2H3/t12-,13-/m0/s1. The lowest BCUT2D eigenvalue weighted by Crippen LogP contribution is -2.37. The van der Waals surface area contributed by atoms with E-state index < -0.39 is 10.1 Å². The van der Waals surface area contributed by atoms with Crippen LogP contribution >= 0.6 is 0 Å². The van der Waals surface area contributed by atoms with Gasteiger partial charge in [-0.3, -0.25) is 4.18 Å². The van der Waals surface area contributed by atoms with Gasteiger partial charge >= 0.3 is 0 Å². The van der Waals surface area contributed by atoms with Crippen molar-refractivity contribution in [1.82, 2.24) is 0 Å². The Balaban J connectivity index is 1.90. The highest BCUT2D eigenvalue weighted by Gasteiger charge is 2.23. The average molecular weight is 298 g/mol. The Kier molecular flexibility index (Phi) is 4.93. The van der Waals surface area contributed by atoms with E-state index in [0.29, 0.717) is 13.2 Å². The van der Waals surface area contributed by atoms with Gasteiger partial charge in [0.2, 0.25) is 0 Å². The molecule has 0 bridgehead atoms. The molecule has 0 aliphatic carbocycles. The third-order valence-corrected chi connectivity index (χ3v) is 4.27. The van der Waals surface area contributed by atoms with Crippen LogP contribution < -0.4 is 0 Å². The van der Waals surface area contributed by atoms with Crippen LogP contribution in [0, 0.1) is 6.92 Å². The summed E-state index contributed by atoms with van der Waals surface area (Å²) in [5.74, 6) is 0. The summed E-state index contributed by atoms with van der Waals surface area (Å²) in [6, 6.07) is 6.50. The molecule has 1 aliphatic heterocycles. The summed E-state index contributed by atoms with van der Waals surface area (Å²) in [6.07, 6.45) is 1.13. The second kappa shape index (κ2) is 6.49. The molecule has 20 heavy (non-hydrogen) atoms. The van der Waals surface area contributed by atoms with Crippen molar-refractivity contribution in [3.05, 3.63) is 42.5 Å². The monoisotopic (exact) mass is 298 g/mol. The lowest BCUT2D eigenvalue weighted by Gasteiger charge is -2.27. The molecule has 0 spiro atoms. The third kappa shape index (κ3) is 3.89. The van der Waals surface area contributed by atoms with Crippen molar-refractivity contribution in [2.24, 2.45) is 0 Å². The molecular formula is C14H18O5S. The summed E-state index contributed by atoms with van der Waals surface area (Å²) < 4.78 is 39.8. The van der Waals surface area contributed by atoms with Gasteiger partial charge in [0, 0.05) is 0 Å². The number of rotatable bonds is 5. The summed E-state index contributed by atoms with van der Waals surface area (Å²) in [6.45, 7) is 6.10. The largest absolute Gasteiger partial charge is 0.370 e. The Hall–Kier alpha value is -1.21. The summed E-state index contributed by atoms with van der Waals surface area (Å²) in [5.41, 5.74) is 0.989. The topological polar surface area (TPSA) is 61.8 Å². The molecule has 110 valence electrons. The van der Waals surface area contributed by atoms with Gasteiger partial charge in [-0.15, -0.1) is 6.58 Å². The molecule has 1 fully saturated rings. The van der Waals surface area contributed by atoms with Gasteiger partial charge in [-0.1, -0.05) is 23.8 Å². The molecular weight excluding hydrogens is 280 g/mol. The molecule has 2 atom stereocenters. The number of hydrogen-bond acceptors (Lipinski definition) is 5. The molecule has 0 unspecified atom stereocenters. The molecule has 0 N–H and O–H groups in total. The van der Waals surface area contributed by atoms with E-state index in [4.69, 9.17) is 13.7 Å². The SMILES string of the molecule is C=C[C@H]1CO[C@H](COS(=O)(=O)c2ccc(C)cc2)CO1. The fourth-order valence-corrected chi connectivity index (χ4v) is 2.67. The first-order valence-electron chi connectivity index (χ1n) is 6.33. The van der Waals surface area contributed by atoms with Gasteiger partial charge in [0.05, 0.1) is 30.8 Å². The smallest absolute Gasteiger partial charge is 0.297 e. The molecule has 1 aliphatic rings. The predicted octanol–water partition coefficient (Wildman–Crippen LogP) is 1.67. The fraction of sp³-hybridized carbons (Fsp3) is 0.429. The maximum absolute atomic E-state index is 12.0. The Morgan fingerprint density at radius 3 is 2.55 bits per heavy atom. The summed E-state index contributed by atoms with van der Waals surface area (Å²) in [7, 11) is -3.75. The zero-order valence-electron chi connectivity index (χ0n) is 11.3. The summed E-state index contributed by atoms with van der Waals surface area (Å²) >= 11 is 0. The summed E-state index contributed by atoms with van der Waals surface area (Å²) in [4.78, 5) is 0.142. The van der Waals surface area contributed by atoms with Crippen LogP contribution in [0.25, 0.3) is 0 Å². The highest BCUT2D eigenvalue weighted by atomic mass is 32.2. The molecule has 1 heterocycles. The first kappa shape index (κ1) is 15.2. The van der Waals surface area contributed by atoms with Crippen LogP contribution in [0.4, 0.5) is 0 Å². The first-order valence-corrected chi connectivity index (χ1v) is 7.74. The van der Waals surface area contributed by atoms with Crippen molar-refractivity contribution in [1.29, 1.82) is 0 Å². The van der Waals surface area contributed by atoms with Crippen molar-refractivity contribution < 1.29 is 22.1 Å². The second-order valence-corrected chi connectivity index (χ2v) is 6.23. The van der Waals surface area contributed by atoms with E-state index in [1.807, 2.05) is 6.92 Å². The molecule has 1 aromatic carbocycles. The minimum atomic E-state index is -3.75. The van der Waals surface area contributed by atoms with Gasteiger partial charge in [-0.25, -0.2) is 0 Å². The van der Waals surface area contributed by atoms with Gasteiger partial charge in [0.1, 0.15) is 6.10 Å². The molecule has 0 aromatic heterocycles. The van der Waals surface area contributed by atoms with E-state index in [1.54, 1.807) is 18.2 Å². The fourth-order valence-electron chi connectivity index (χ4n) is 1.73. The highest BCUT2D eigenvalue weighted by molar-refractivity contribution is 7.86. The van der Waals surface area contributed by atoms with E-state index in [1.165, 1.54) is 12.1 Å². The van der Waals surface area contributed by atoms with E-state index in [-0.39, 0.29) is 23.7 Å². The zero-order chi connectivity index (χ0) is 14.6. The predicted molar refractivity (Wildman–Crippen MR) is 74.0 cm³/mol. The minimum absolute atomic E-state index is 0.0555. The molecule has 1 saturated heterocycles. The molecule has 1 aromatic rings. The molecule has 0 saturated carbocycles. The number of hydrogen-bond donors (Lipinski definition) is 0. The maximum atomic E-state index is 12.0. The zero-order valence-corrected chi connectivity index (χ0v) is 12.1. The normalized spacial score (nSPS) is 23.4. The highest BCUT2D eigenvalue weighted by Crippen LogP contribution is 2.15. The van der Waals surface area contributed by atoms with Crippen molar-refractivity contribution in [2.75, 3.05) is 19.8 Å². The average Bonchev–Trinajstić information content (AvgIpc) is 2.46. The van der Waals surface area contributed by atoms with Crippen LogP contribution in [0.3, 0.4) is 0 Å². The summed E-state index contributed by atoms with van der Waals surface area (Å²) in [5, 5.41) is 0. The van der Waals surface area contributed by atoms with Crippen molar-refractivity contribution in [3.63, 3.8) is 0 Å². The van der Waals surface area contributed by atoms with Crippen molar-refractivity contribution >= 4 is 10.1 Å². The van der Waals surface area contributed by atoms with Crippen LogP contribution in [0.15, 0.2) is 41.8 Å². The quantitative estimate of drug-likeness (QED) is 0.611. The van der Waals surface area contributed by atoms with Crippen LogP contribution in [0.2, 0.25) is 0 Å². The first-order chi connectivity index (χ1) is 9.51. The van der Waals surface area contributed by atoms with Crippen molar-refractivity contribution in [2.45, 2.75) is 24.0 Å². The van der Waals surface area contributed by atoms with Crippen LogP contribution in [-0.2, 0) is 23.8 Å². The van der Waals surface area contributed by atoms with Gasteiger partial charge < -0.3 is 9.47 Å². The second-order valence-electron chi connectivity index (χ2n) is 4.61. The number of benzene rings is 1. The number of ether oxygens (including phenoxy) is 2. The van der Waals surface area contributed by atoms with Gasteiger partial charge in [-0.05, 0) is 19.1 Å². The number of aryl methyl sites for hydroxylation is 1.